The molecule has 84 valence electrons. The number of hydrogen-bond donors (Lipinski definition) is 1. The number of anilines is 1. The van der Waals surface area contributed by atoms with Gasteiger partial charge in [-0.2, -0.15) is 13.2 Å². The van der Waals surface area contributed by atoms with Gasteiger partial charge in [-0.3, -0.25) is 0 Å². The van der Waals surface area contributed by atoms with Gasteiger partial charge in [0.15, 0.2) is 0 Å². The minimum atomic E-state index is -4.35. The zero-order chi connectivity index (χ0) is 11.6. The molecule has 1 aromatic heterocycles. The van der Waals surface area contributed by atoms with E-state index in [-0.39, 0.29) is 17.1 Å². The van der Waals surface area contributed by atoms with Crippen molar-refractivity contribution in [3.05, 3.63) is 22.9 Å². The van der Waals surface area contributed by atoms with E-state index in [0.717, 1.165) is 0 Å². The van der Waals surface area contributed by atoms with Crippen LogP contribution < -0.4 is 5.73 Å². The van der Waals surface area contributed by atoms with E-state index in [1.165, 1.54) is 13.0 Å². The van der Waals surface area contributed by atoms with Gasteiger partial charge in [-0.05, 0) is 25.0 Å². The van der Waals surface area contributed by atoms with Crippen molar-refractivity contribution in [3.8, 4) is 0 Å². The maximum absolute atomic E-state index is 12.7. The van der Waals surface area contributed by atoms with Crippen LogP contribution in [0.3, 0.4) is 0 Å². The first kappa shape index (κ1) is 11.8. The zero-order valence-corrected chi connectivity index (χ0v) is 8.65. The molecule has 0 aromatic carbocycles. The molecule has 2 nitrogen and oxygen atoms in total. The summed E-state index contributed by atoms with van der Waals surface area (Å²) in [7, 11) is 0. The van der Waals surface area contributed by atoms with E-state index in [2.05, 4.69) is 4.98 Å². The minimum absolute atomic E-state index is 0.0500. The number of nitrogens with two attached hydrogens (primary N) is 1. The fourth-order valence-corrected chi connectivity index (χ4v) is 1.62. The van der Waals surface area contributed by atoms with Crippen LogP contribution in [-0.2, 0) is 12.6 Å². The second-order valence-electron chi connectivity index (χ2n) is 3.41. The molecule has 1 rings (SSSR count). The zero-order valence-electron chi connectivity index (χ0n) is 8.65. The van der Waals surface area contributed by atoms with Crippen LogP contribution in [0.2, 0.25) is 0 Å². The van der Waals surface area contributed by atoms with Crippen LogP contribution in [0.25, 0.3) is 0 Å². The summed E-state index contributed by atoms with van der Waals surface area (Å²) in [5.41, 5.74) is 4.96. The smallest absolute Gasteiger partial charge is 0.384 e. The Hall–Kier alpha value is -1.26. The van der Waals surface area contributed by atoms with E-state index in [4.69, 9.17) is 5.73 Å². The lowest BCUT2D eigenvalue weighted by Crippen LogP contribution is -2.14. The Morgan fingerprint density at radius 3 is 2.47 bits per heavy atom. The van der Waals surface area contributed by atoms with E-state index >= 15 is 0 Å². The molecule has 1 aromatic rings. The lowest BCUT2D eigenvalue weighted by atomic mass is 10.0. The Bertz CT molecular complexity index is 358. The summed E-state index contributed by atoms with van der Waals surface area (Å²) in [6, 6.07) is 1.30. The van der Waals surface area contributed by atoms with Crippen LogP contribution in [0.4, 0.5) is 19.0 Å². The standard InChI is InChI=1S/C10H13F3N2/c1-3-4-7-5-8(14)15-6(2)9(7)10(11,12)13/h5H,3-4H2,1-2H3,(H2,14,15). The van der Waals surface area contributed by atoms with Crippen molar-refractivity contribution in [2.45, 2.75) is 32.9 Å². The number of aromatic nitrogens is 1. The Labute approximate surface area is 86.3 Å². The van der Waals surface area contributed by atoms with Crippen molar-refractivity contribution in [2.75, 3.05) is 5.73 Å². The lowest BCUT2D eigenvalue weighted by molar-refractivity contribution is -0.138. The van der Waals surface area contributed by atoms with Gasteiger partial charge in [-0.1, -0.05) is 13.3 Å². The van der Waals surface area contributed by atoms with Gasteiger partial charge >= 0.3 is 6.18 Å². The fraction of sp³-hybridized carbons (Fsp3) is 0.500. The third-order valence-electron chi connectivity index (χ3n) is 2.10. The Morgan fingerprint density at radius 1 is 1.40 bits per heavy atom. The molecule has 15 heavy (non-hydrogen) atoms. The number of alkyl halides is 3. The van der Waals surface area contributed by atoms with E-state index in [1.54, 1.807) is 0 Å². The van der Waals surface area contributed by atoms with Crippen LogP contribution in [0.5, 0.6) is 0 Å². The van der Waals surface area contributed by atoms with Crippen molar-refractivity contribution in [1.82, 2.24) is 4.98 Å². The van der Waals surface area contributed by atoms with Crippen molar-refractivity contribution < 1.29 is 13.2 Å². The number of pyridine rings is 1. The molecule has 2 N–H and O–H groups in total. The fourth-order valence-electron chi connectivity index (χ4n) is 1.62. The topological polar surface area (TPSA) is 38.9 Å². The third kappa shape index (κ3) is 2.61. The number of nitrogens with zero attached hydrogens (tertiary/aromatic N) is 1. The SMILES string of the molecule is CCCc1cc(N)nc(C)c1C(F)(F)F. The first-order chi connectivity index (χ1) is 6.86. The van der Waals surface area contributed by atoms with Gasteiger partial charge in [-0.15, -0.1) is 0 Å². The highest BCUT2D eigenvalue weighted by molar-refractivity contribution is 5.42. The van der Waals surface area contributed by atoms with Gasteiger partial charge < -0.3 is 5.73 Å². The van der Waals surface area contributed by atoms with Crippen molar-refractivity contribution in [2.24, 2.45) is 0 Å². The molecular weight excluding hydrogens is 205 g/mol. The van der Waals surface area contributed by atoms with Crippen LogP contribution in [0, 0.1) is 6.92 Å². The number of hydrogen-bond acceptors (Lipinski definition) is 2. The molecule has 0 aliphatic rings. The van der Waals surface area contributed by atoms with Crippen LogP contribution in [0.1, 0.15) is 30.2 Å². The summed E-state index contributed by atoms with van der Waals surface area (Å²) >= 11 is 0. The summed E-state index contributed by atoms with van der Waals surface area (Å²) in [6.45, 7) is 3.16. The average molecular weight is 218 g/mol. The highest BCUT2D eigenvalue weighted by Crippen LogP contribution is 2.35. The molecule has 0 aliphatic heterocycles. The molecule has 0 atom stereocenters. The summed E-state index contributed by atoms with van der Waals surface area (Å²) < 4.78 is 38.1. The highest BCUT2D eigenvalue weighted by Gasteiger charge is 2.35. The molecule has 0 saturated heterocycles. The van der Waals surface area contributed by atoms with E-state index < -0.39 is 11.7 Å². The molecule has 1 heterocycles. The van der Waals surface area contributed by atoms with Gasteiger partial charge in [0, 0.05) is 0 Å². The predicted molar refractivity (Wildman–Crippen MR) is 52.4 cm³/mol. The Balaban J connectivity index is 3.33. The molecule has 0 bridgehead atoms. The highest BCUT2D eigenvalue weighted by atomic mass is 19.4. The van der Waals surface area contributed by atoms with Crippen molar-refractivity contribution in [3.63, 3.8) is 0 Å². The third-order valence-corrected chi connectivity index (χ3v) is 2.10. The maximum atomic E-state index is 12.7. The maximum Gasteiger partial charge on any atom is 0.418 e. The van der Waals surface area contributed by atoms with E-state index in [9.17, 15) is 13.2 Å². The molecule has 0 fully saturated rings. The second kappa shape index (κ2) is 4.08. The van der Waals surface area contributed by atoms with Crippen molar-refractivity contribution >= 4 is 5.82 Å². The van der Waals surface area contributed by atoms with Gasteiger partial charge in [0.1, 0.15) is 5.82 Å². The molecule has 0 saturated carbocycles. The van der Waals surface area contributed by atoms with Crippen molar-refractivity contribution in [1.29, 1.82) is 0 Å². The summed E-state index contributed by atoms with van der Waals surface area (Å²) in [5, 5.41) is 0. The first-order valence-corrected chi connectivity index (χ1v) is 4.69. The number of halogens is 3. The average Bonchev–Trinajstić information content (AvgIpc) is 1.99. The first-order valence-electron chi connectivity index (χ1n) is 4.69. The van der Waals surface area contributed by atoms with Gasteiger partial charge in [0.2, 0.25) is 0 Å². The molecule has 0 amide bonds. The molecule has 0 radical (unpaired) electrons. The second-order valence-corrected chi connectivity index (χ2v) is 3.41. The number of nitrogen functional groups attached to an aromatic ring is 1. The number of aryl methyl sites for hydroxylation is 2. The lowest BCUT2D eigenvalue weighted by Gasteiger charge is -2.15. The van der Waals surface area contributed by atoms with E-state index in [1.807, 2.05) is 6.92 Å². The molecular formula is C10H13F3N2. The minimum Gasteiger partial charge on any atom is -0.384 e. The summed E-state index contributed by atoms with van der Waals surface area (Å²) in [6.07, 6.45) is -3.34. The molecule has 0 unspecified atom stereocenters. The molecule has 0 aliphatic carbocycles. The Kier molecular flexibility index (Phi) is 3.21. The van der Waals surface area contributed by atoms with Gasteiger partial charge in [0.25, 0.3) is 0 Å². The molecule has 0 spiro atoms. The normalized spacial score (nSPS) is 11.8. The monoisotopic (exact) mass is 218 g/mol. The predicted octanol–water partition coefficient (Wildman–Crippen LogP) is 2.94. The van der Waals surface area contributed by atoms with Gasteiger partial charge in [0.05, 0.1) is 11.3 Å². The number of rotatable bonds is 2. The Morgan fingerprint density at radius 2 is 2.00 bits per heavy atom. The molecule has 5 heteroatoms. The largest absolute Gasteiger partial charge is 0.418 e. The quantitative estimate of drug-likeness (QED) is 0.828. The van der Waals surface area contributed by atoms with Gasteiger partial charge in [-0.25, -0.2) is 4.98 Å². The summed E-state index contributed by atoms with van der Waals surface area (Å²) in [5.74, 6) is 0.143. The van der Waals surface area contributed by atoms with Crippen LogP contribution in [-0.4, -0.2) is 4.98 Å². The summed E-state index contributed by atoms with van der Waals surface area (Å²) in [4.78, 5) is 3.64. The van der Waals surface area contributed by atoms with E-state index in [0.29, 0.717) is 12.8 Å². The van der Waals surface area contributed by atoms with Crippen LogP contribution in [0.15, 0.2) is 6.07 Å². The van der Waals surface area contributed by atoms with Crippen LogP contribution >= 0.6 is 0 Å².